The predicted molar refractivity (Wildman–Crippen MR) is 79.7 cm³/mol. The van der Waals surface area contributed by atoms with Crippen LogP contribution in [0.25, 0.3) is 0 Å². The second kappa shape index (κ2) is 6.28. The summed E-state index contributed by atoms with van der Waals surface area (Å²) in [5.74, 6) is 0.752. The van der Waals surface area contributed by atoms with Crippen molar-refractivity contribution in [1.82, 2.24) is 9.97 Å². The summed E-state index contributed by atoms with van der Waals surface area (Å²) in [5.41, 5.74) is 0.328. The van der Waals surface area contributed by atoms with E-state index in [9.17, 15) is 9.90 Å². The molecular formula is C15H23N3O3. The summed E-state index contributed by atoms with van der Waals surface area (Å²) in [6, 6.07) is 0. The number of rotatable bonds is 5. The molecule has 0 saturated carbocycles. The van der Waals surface area contributed by atoms with Crippen LogP contribution in [-0.4, -0.2) is 41.2 Å². The van der Waals surface area contributed by atoms with E-state index >= 15 is 0 Å². The normalized spacial score (nSPS) is 17.6. The minimum Gasteiger partial charge on any atom is -0.481 e. The Kier molecular flexibility index (Phi) is 4.65. The van der Waals surface area contributed by atoms with E-state index in [1.165, 1.54) is 6.33 Å². The highest BCUT2D eigenvalue weighted by Gasteiger charge is 2.41. The van der Waals surface area contributed by atoms with Gasteiger partial charge in [0.25, 0.3) is 0 Å². The number of aliphatic carboxylic acids is 1. The minimum atomic E-state index is -0.666. The molecule has 0 bridgehead atoms. The first-order valence-electron chi connectivity index (χ1n) is 7.38. The van der Waals surface area contributed by atoms with Gasteiger partial charge < -0.3 is 14.7 Å². The van der Waals surface area contributed by atoms with Crippen LogP contribution < -0.4 is 9.64 Å². The van der Waals surface area contributed by atoms with Gasteiger partial charge in [0, 0.05) is 13.1 Å². The molecule has 0 unspecified atom stereocenters. The molecule has 6 heteroatoms. The van der Waals surface area contributed by atoms with Crippen molar-refractivity contribution in [2.45, 2.75) is 39.5 Å². The second-order valence-electron chi connectivity index (χ2n) is 5.65. The van der Waals surface area contributed by atoms with E-state index in [0.717, 1.165) is 24.2 Å². The molecule has 0 atom stereocenters. The predicted octanol–water partition coefficient (Wildman–Crippen LogP) is 2.26. The Morgan fingerprint density at radius 3 is 2.62 bits per heavy atom. The van der Waals surface area contributed by atoms with Crippen LogP contribution in [0.15, 0.2) is 6.33 Å². The van der Waals surface area contributed by atoms with Gasteiger partial charge in [-0.25, -0.2) is 9.97 Å². The molecule has 1 aliphatic rings. The first-order chi connectivity index (χ1) is 10.0. The number of nitrogens with zero attached hydrogens (tertiary/aromatic N) is 3. The average Bonchev–Trinajstić information content (AvgIpc) is 2.48. The summed E-state index contributed by atoms with van der Waals surface area (Å²) in [4.78, 5) is 22.2. The lowest BCUT2D eigenvalue weighted by Gasteiger charge is -2.39. The fourth-order valence-electron chi connectivity index (χ4n) is 3.15. The van der Waals surface area contributed by atoms with Gasteiger partial charge in [-0.1, -0.05) is 13.3 Å². The van der Waals surface area contributed by atoms with E-state index in [4.69, 9.17) is 4.74 Å². The molecule has 1 aromatic rings. The third-order valence-electron chi connectivity index (χ3n) is 4.41. The number of carbonyl (C=O) groups is 1. The number of hydrogen-bond donors (Lipinski definition) is 1. The summed E-state index contributed by atoms with van der Waals surface area (Å²) in [5, 5.41) is 9.55. The number of methoxy groups -OCH3 is 1. The van der Waals surface area contributed by atoms with Crippen LogP contribution in [0.1, 0.15) is 38.2 Å². The molecule has 0 aliphatic carbocycles. The molecule has 0 spiro atoms. The molecule has 1 N–H and O–H groups in total. The third kappa shape index (κ3) is 2.94. The first kappa shape index (κ1) is 15.5. The number of carboxylic acids is 1. The zero-order chi connectivity index (χ0) is 15.5. The van der Waals surface area contributed by atoms with Gasteiger partial charge in [-0.05, 0) is 26.2 Å². The standard InChI is InChI=1S/C15H23N3O3/c1-4-5-15(14(19)20)6-8-18(9-7-15)12-11(2)13(21-3)17-10-16-12/h10H,4-9H2,1-3H3,(H,19,20). The van der Waals surface area contributed by atoms with Crippen LogP contribution in [0, 0.1) is 12.3 Å². The van der Waals surface area contributed by atoms with E-state index in [1.807, 2.05) is 13.8 Å². The lowest BCUT2D eigenvalue weighted by molar-refractivity contribution is -0.150. The molecule has 0 aromatic carbocycles. The number of carboxylic acid groups (broad SMARTS) is 1. The van der Waals surface area contributed by atoms with Crippen LogP contribution in [-0.2, 0) is 4.79 Å². The fourth-order valence-corrected chi connectivity index (χ4v) is 3.15. The van der Waals surface area contributed by atoms with Crippen LogP contribution in [0.5, 0.6) is 5.88 Å². The van der Waals surface area contributed by atoms with Gasteiger partial charge in [0.15, 0.2) is 0 Å². The van der Waals surface area contributed by atoms with Crippen molar-refractivity contribution in [1.29, 1.82) is 0 Å². The Bertz CT molecular complexity index is 511. The molecule has 2 heterocycles. The molecule has 0 amide bonds. The summed E-state index contributed by atoms with van der Waals surface area (Å²) >= 11 is 0. The maximum absolute atomic E-state index is 11.6. The fraction of sp³-hybridized carbons (Fsp3) is 0.667. The van der Waals surface area contributed by atoms with Gasteiger partial charge in [0.2, 0.25) is 5.88 Å². The van der Waals surface area contributed by atoms with E-state index in [-0.39, 0.29) is 0 Å². The molecule has 116 valence electrons. The largest absolute Gasteiger partial charge is 0.481 e. The van der Waals surface area contributed by atoms with Gasteiger partial charge in [-0.2, -0.15) is 0 Å². The number of hydrogen-bond acceptors (Lipinski definition) is 5. The van der Waals surface area contributed by atoms with Gasteiger partial charge in [-0.3, -0.25) is 4.79 Å². The van der Waals surface area contributed by atoms with Crippen molar-refractivity contribution in [2.75, 3.05) is 25.1 Å². The summed E-state index contributed by atoms with van der Waals surface area (Å²) in [6.45, 7) is 5.37. The van der Waals surface area contributed by atoms with Gasteiger partial charge >= 0.3 is 5.97 Å². The quantitative estimate of drug-likeness (QED) is 0.897. The SMILES string of the molecule is CCCC1(C(=O)O)CCN(c2ncnc(OC)c2C)CC1. The van der Waals surface area contributed by atoms with Crippen molar-refractivity contribution in [3.8, 4) is 5.88 Å². The zero-order valence-electron chi connectivity index (χ0n) is 12.9. The van der Waals surface area contributed by atoms with Crippen molar-refractivity contribution in [3.05, 3.63) is 11.9 Å². The molecule has 1 aliphatic heterocycles. The van der Waals surface area contributed by atoms with E-state index < -0.39 is 11.4 Å². The molecular weight excluding hydrogens is 270 g/mol. The van der Waals surface area contributed by atoms with E-state index in [2.05, 4.69) is 14.9 Å². The molecule has 1 aromatic heterocycles. The monoisotopic (exact) mass is 293 g/mol. The van der Waals surface area contributed by atoms with Crippen molar-refractivity contribution >= 4 is 11.8 Å². The van der Waals surface area contributed by atoms with Crippen LogP contribution in [0.4, 0.5) is 5.82 Å². The summed E-state index contributed by atoms with van der Waals surface area (Å²) in [7, 11) is 1.59. The number of aromatic nitrogens is 2. The van der Waals surface area contributed by atoms with Crippen molar-refractivity contribution in [3.63, 3.8) is 0 Å². The molecule has 6 nitrogen and oxygen atoms in total. The lowest BCUT2D eigenvalue weighted by atomic mass is 9.75. The summed E-state index contributed by atoms with van der Waals surface area (Å²) < 4.78 is 5.22. The molecule has 21 heavy (non-hydrogen) atoms. The van der Waals surface area contributed by atoms with Crippen molar-refractivity contribution in [2.24, 2.45) is 5.41 Å². The average molecular weight is 293 g/mol. The van der Waals surface area contributed by atoms with Crippen molar-refractivity contribution < 1.29 is 14.6 Å². The maximum atomic E-state index is 11.6. The molecule has 1 saturated heterocycles. The lowest BCUT2D eigenvalue weighted by Crippen LogP contribution is -2.45. The zero-order valence-corrected chi connectivity index (χ0v) is 12.9. The third-order valence-corrected chi connectivity index (χ3v) is 4.41. The Labute approximate surface area is 125 Å². The molecule has 2 rings (SSSR count). The minimum absolute atomic E-state index is 0.573. The Morgan fingerprint density at radius 1 is 1.43 bits per heavy atom. The number of ether oxygens (including phenoxy) is 1. The number of anilines is 1. The molecule has 1 fully saturated rings. The van der Waals surface area contributed by atoms with E-state index in [0.29, 0.717) is 31.8 Å². The highest BCUT2D eigenvalue weighted by atomic mass is 16.5. The smallest absolute Gasteiger partial charge is 0.309 e. The topological polar surface area (TPSA) is 75.5 Å². The molecule has 0 radical (unpaired) electrons. The Hall–Kier alpha value is -1.85. The highest BCUT2D eigenvalue weighted by molar-refractivity contribution is 5.75. The summed E-state index contributed by atoms with van der Waals surface area (Å²) in [6.07, 6.45) is 4.44. The first-order valence-corrected chi connectivity index (χ1v) is 7.38. The number of piperidine rings is 1. The van der Waals surface area contributed by atoms with Gasteiger partial charge in [0.05, 0.1) is 18.1 Å². The van der Waals surface area contributed by atoms with Gasteiger partial charge in [0.1, 0.15) is 12.1 Å². The van der Waals surface area contributed by atoms with Crippen LogP contribution in [0.2, 0.25) is 0 Å². The van der Waals surface area contributed by atoms with E-state index in [1.54, 1.807) is 7.11 Å². The van der Waals surface area contributed by atoms with Crippen LogP contribution >= 0.6 is 0 Å². The van der Waals surface area contributed by atoms with Crippen LogP contribution in [0.3, 0.4) is 0 Å². The Balaban J connectivity index is 2.16. The van der Waals surface area contributed by atoms with Gasteiger partial charge in [-0.15, -0.1) is 0 Å². The highest BCUT2D eigenvalue weighted by Crippen LogP contribution is 2.38. The second-order valence-corrected chi connectivity index (χ2v) is 5.65. The maximum Gasteiger partial charge on any atom is 0.309 e. The Morgan fingerprint density at radius 2 is 2.10 bits per heavy atom.